The van der Waals surface area contributed by atoms with Gasteiger partial charge in [0.1, 0.15) is 11.9 Å². The van der Waals surface area contributed by atoms with Crippen molar-refractivity contribution in [2.45, 2.75) is 12.5 Å². The van der Waals surface area contributed by atoms with Crippen LogP contribution in [-0.2, 0) is 0 Å². The Kier molecular flexibility index (Phi) is 3.19. The molecular formula is C9H10F2O2. The molecule has 0 spiro atoms. The van der Waals surface area contributed by atoms with Crippen LogP contribution in [0.25, 0.3) is 0 Å². The average Bonchev–Trinajstić information content (AvgIpc) is 2.17. The number of aliphatic hydroxyl groups is 1. The highest BCUT2D eigenvalue weighted by Crippen LogP contribution is 2.22. The standard InChI is InChI=1S/C9H10F2O2/c1-13-7-4-2-6(3-5-7)8(12)9(10)11/h2-5,8-9,12H,1H3/t8-/m1/s1. The molecule has 2 nitrogen and oxygen atoms in total. The third-order valence-corrected chi connectivity index (χ3v) is 1.70. The molecule has 0 unspecified atom stereocenters. The molecule has 72 valence electrons. The number of hydrogen-bond acceptors (Lipinski definition) is 2. The van der Waals surface area contributed by atoms with Crippen molar-refractivity contribution in [3.05, 3.63) is 29.8 Å². The minimum Gasteiger partial charge on any atom is -0.497 e. The zero-order valence-electron chi connectivity index (χ0n) is 7.08. The smallest absolute Gasteiger partial charge is 0.268 e. The molecule has 1 aromatic carbocycles. The number of rotatable bonds is 3. The van der Waals surface area contributed by atoms with Gasteiger partial charge in [0.05, 0.1) is 7.11 Å². The van der Waals surface area contributed by atoms with Gasteiger partial charge in [0.25, 0.3) is 6.43 Å². The molecule has 0 saturated heterocycles. The maximum atomic E-state index is 12.0. The number of hydrogen-bond donors (Lipinski definition) is 1. The second-order valence-electron chi connectivity index (χ2n) is 2.55. The Bertz CT molecular complexity index is 259. The summed E-state index contributed by atoms with van der Waals surface area (Å²) in [5, 5.41) is 8.97. The molecule has 0 aliphatic rings. The third kappa shape index (κ3) is 2.39. The van der Waals surface area contributed by atoms with E-state index in [0.29, 0.717) is 5.75 Å². The molecule has 4 heteroatoms. The van der Waals surface area contributed by atoms with Crippen LogP contribution in [-0.4, -0.2) is 18.6 Å². The van der Waals surface area contributed by atoms with Crippen LogP contribution in [0.5, 0.6) is 5.75 Å². The van der Waals surface area contributed by atoms with Crippen LogP contribution in [0.3, 0.4) is 0 Å². The molecule has 0 aliphatic heterocycles. The molecule has 0 saturated carbocycles. The Morgan fingerprint density at radius 2 is 1.77 bits per heavy atom. The largest absolute Gasteiger partial charge is 0.497 e. The summed E-state index contributed by atoms with van der Waals surface area (Å²) in [6, 6.07) is 5.88. The van der Waals surface area contributed by atoms with Crippen LogP contribution in [0.15, 0.2) is 24.3 Å². The summed E-state index contributed by atoms with van der Waals surface area (Å²) in [5.74, 6) is 0.574. The first-order valence-electron chi connectivity index (χ1n) is 3.75. The summed E-state index contributed by atoms with van der Waals surface area (Å²) in [6.45, 7) is 0. The van der Waals surface area contributed by atoms with Crippen LogP contribution >= 0.6 is 0 Å². The van der Waals surface area contributed by atoms with Crippen molar-refractivity contribution in [2.75, 3.05) is 7.11 Å². The van der Waals surface area contributed by atoms with Gasteiger partial charge in [-0.3, -0.25) is 0 Å². The maximum Gasteiger partial charge on any atom is 0.268 e. The highest BCUT2D eigenvalue weighted by atomic mass is 19.3. The van der Waals surface area contributed by atoms with E-state index in [9.17, 15) is 8.78 Å². The fourth-order valence-corrected chi connectivity index (χ4v) is 0.947. The lowest BCUT2D eigenvalue weighted by molar-refractivity contribution is -0.00580. The van der Waals surface area contributed by atoms with E-state index in [1.165, 1.54) is 31.4 Å². The predicted molar refractivity (Wildman–Crippen MR) is 44.0 cm³/mol. The van der Waals surface area contributed by atoms with E-state index in [-0.39, 0.29) is 5.56 Å². The van der Waals surface area contributed by atoms with Gasteiger partial charge in [0.2, 0.25) is 0 Å². The lowest BCUT2D eigenvalue weighted by Crippen LogP contribution is -2.07. The van der Waals surface area contributed by atoms with Gasteiger partial charge in [-0.1, -0.05) is 12.1 Å². The zero-order valence-corrected chi connectivity index (χ0v) is 7.08. The van der Waals surface area contributed by atoms with Crippen molar-refractivity contribution in [3.8, 4) is 5.75 Å². The van der Waals surface area contributed by atoms with Gasteiger partial charge in [-0.2, -0.15) is 0 Å². The normalized spacial score (nSPS) is 13.0. The Labute approximate surface area is 74.8 Å². The summed E-state index contributed by atoms with van der Waals surface area (Å²) >= 11 is 0. The number of aliphatic hydroxyl groups excluding tert-OH is 1. The molecule has 0 amide bonds. The molecule has 0 aliphatic carbocycles. The Hall–Kier alpha value is -1.16. The Morgan fingerprint density at radius 3 is 2.15 bits per heavy atom. The first-order chi connectivity index (χ1) is 6.15. The van der Waals surface area contributed by atoms with Crippen LogP contribution in [0.2, 0.25) is 0 Å². The molecule has 0 aromatic heterocycles. The Morgan fingerprint density at radius 1 is 1.23 bits per heavy atom. The highest BCUT2D eigenvalue weighted by molar-refractivity contribution is 5.28. The molecule has 0 radical (unpaired) electrons. The summed E-state index contributed by atoms with van der Waals surface area (Å²) in [4.78, 5) is 0. The van der Waals surface area contributed by atoms with Gasteiger partial charge in [-0.25, -0.2) is 8.78 Å². The lowest BCUT2D eigenvalue weighted by atomic mass is 10.1. The molecule has 1 rings (SSSR count). The van der Waals surface area contributed by atoms with E-state index in [2.05, 4.69) is 0 Å². The van der Waals surface area contributed by atoms with Crippen molar-refractivity contribution >= 4 is 0 Å². The van der Waals surface area contributed by atoms with Gasteiger partial charge in [0.15, 0.2) is 0 Å². The quantitative estimate of drug-likeness (QED) is 0.786. The van der Waals surface area contributed by atoms with Gasteiger partial charge in [-0.05, 0) is 17.7 Å². The van der Waals surface area contributed by atoms with Gasteiger partial charge < -0.3 is 9.84 Å². The topological polar surface area (TPSA) is 29.5 Å². The molecule has 0 fully saturated rings. The van der Waals surface area contributed by atoms with Gasteiger partial charge >= 0.3 is 0 Å². The van der Waals surface area contributed by atoms with Crippen molar-refractivity contribution in [1.29, 1.82) is 0 Å². The number of methoxy groups -OCH3 is 1. The predicted octanol–water partition coefficient (Wildman–Crippen LogP) is 1.99. The van der Waals surface area contributed by atoms with Crippen molar-refractivity contribution < 1.29 is 18.6 Å². The van der Waals surface area contributed by atoms with Crippen molar-refractivity contribution in [1.82, 2.24) is 0 Å². The van der Waals surface area contributed by atoms with Crippen LogP contribution in [0.4, 0.5) is 8.78 Å². The third-order valence-electron chi connectivity index (χ3n) is 1.70. The van der Waals surface area contributed by atoms with E-state index in [0.717, 1.165) is 0 Å². The van der Waals surface area contributed by atoms with E-state index in [4.69, 9.17) is 9.84 Å². The molecule has 1 N–H and O–H groups in total. The van der Waals surface area contributed by atoms with E-state index < -0.39 is 12.5 Å². The fourth-order valence-electron chi connectivity index (χ4n) is 0.947. The molecule has 1 atom stereocenters. The zero-order chi connectivity index (χ0) is 9.84. The summed E-state index contributed by atoms with van der Waals surface area (Å²) in [6.07, 6.45) is -4.47. The molecule has 13 heavy (non-hydrogen) atoms. The first-order valence-corrected chi connectivity index (χ1v) is 3.75. The number of benzene rings is 1. The molecule has 0 heterocycles. The molecule has 0 bridgehead atoms. The summed E-state index contributed by atoms with van der Waals surface area (Å²) < 4.78 is 28.9. The van der Waals surface area contributed by atoms with E-state index >= 15 is 0 Å². The second-order valence-corrected chi connectivity index (χ2v) is 2.55. The summed E-state index contributed by atoms with van der Waals surface area (Å²) in [5.41, 5.74) is 0.191. The maximum absolute atomic E-state index is 12.0. The number of halogens is 2. The highest BCUT2D eigenvalue weighted by Gasteiger charge is 2.18. The van der Waals surface area contributed by atoms with Gasteiger partial charge in [-0.15, -0.1) is 0 Å². The SMILES string of the molecule is COc1ccc([C@@H](O)C(F)F)cc1. The fraction of sp³-hybridized carbons (Fsp3) is 0.333. The lowest BCUT2D eigenvalue weighted by Gasteiger charge is -2.09. The minimum absolute atomic E-state index is 0.191. The first kappa shape index (κ1) is 9.92. The Balaban J connectivity index is 2.79. The number of ether oxygens (including phenoxy) is 1. The minimum atomic E-state index is -2.76. The van der Waals surface area contributed by atoms with Crippen molar-refractivity contribution in [2.24, 2.45) is 0 Å². The van der Waals surface area contributed by atoms with Crippen LogP contribution in [0.1, 0.15) is 11.7 Å². The molecule has 1 aromatic rings. The average molecular weight is 188 g/mol. The molecular weight excluding hydrogens is 178 g/mol. The van der Waals surface area contributed by atoms with Gasteiger partial charge in [0, 0.05) is 0 Å². The van der Waals surface area contributed by atoms with Crippen molar-refractivity contribution in [3.63, 3.8) is 0 Å². The van der Waals surface area contributed by atoms with Crippen LogP contribution in [0, 0.1) is 0 Å². The van der Waals surface area contributed by atoms with E-state index in [1.54, 1.807) is 0 Å². The van der Waals surface area contributed by atoms with E-state index in [1.807, 2.05) is 0 Å². The summed E-state index contributed by atoms with van der Waals surface area (Å²) in [7, 11) is 1.48. The van der Waals surface area contributed by atoms with Crippen LogP contribution < -0.4 is 4.74 Å². The number of alkyl halides is 2. The monoisotopic (exact) mass is 188 g/mol. The second kappa shape index (κ2) is 4.18.